The Hall–Kier alpha value is -1.78. The fourth-order valence-corrected chi connectivity index (χ4v) is 2.12. The van der Waals surface area contributed by atoms with Gasteiger partial charge in [-0.15, -0.1) is 0 Å². The van der Waals surface area contributed by atoms with Crippen LogP contribution in [-0.2, 0) is 0 Å². The minimum atomic E-state index is -0.345. The Morgan fingerprint density at radius 1 is 1.32 bits per heavy atom. The topological polar surface area (TPSA) is 67.2 Å². The van der Waals surface area contributed by atoms with Crippen LogP contribution in [0.5, 0.6) is 0 Å². The molecule has 1 aromatic carbocycles. The first-order valence-corrected chi connectivity index (χ1v) is 6.87. The van der Waals surface area contributed by atoms with E-state index in [0.717, 1.165) is 36.8 Å². The van der Waals surface area contributed by atoms with Gasteiger partial charge in [0, 0.05) is 36.6 Å². The standard InChI is InChI=1S/C14H21N3O2/c1-3-4-15-12-6-13(8-14(7-12)17(18)19)16-9-11-5-10(11)2/h6-8,10-11,15-16H,3-5,9H2,1-2H3. The third kappa shape index (κ3) is 3.84. The lowest BCUT2D eigenvalue weighted by molar-refractivity contribution is -0.384. The van der Waals surface area contributed by atoms with Crippen LogP contribution < -0.4 is 10.6 Å². The lowest BCUT2D eigenvalue weighted by Gasteiger charge is -2.10. The number of nitro groups is 1. The number of nitro benzene ring substituents is 1. The first-order chi connectivity index (χ1) is 9.10. The summed E-state index contributed by atoms with van der Waals surface area (Å²) < 4.78 is 0. The van der Waals surface area contributed by atoms with E-state index in [1.807, 2.05) is 6.07 Å². The highest BCUT2D eigenvalue weighted by Crippen LogP contribution is 2.37. The second kappa shape index (κ2) is 5.91. The van der Waals surface area contributed by atoms with Crippen molar-refractivity contribution in [3.63, 3.8) is 0 Å². The molecule has 0 saturated heterocycles. The van der Waals surface area contributed by atoms with Crippen molar-refractivity contribution < 1.29 is 4.92 Å². The number of anilines is 2. The lowest BCUT2D eigenvalue weighted by Crippen LogP contribution is -2.06. The van der Waals surface area contributed by atoms with Gasteiger partial charge in [-0.1, -0.05) is 13.8 Å². The van der Waals surface area contributed by atoms with Gasteiger partial charge in [-0.05, 0) is 30.7 Å². The summed E-state index contributed by atoms with van der Waals surface area (Å²) in [4.78, 5) is 10.6. The maximum atomic E-state index is 10.9. The maximum Gasteiger partial charge on any atom is 0.273 e. The Balaban J connectivity index is 2.06. The average molecular weight is 263 g/mol. The monoisotopic (exact) mass is 263 g/mol. The summed E-state index contributed by atoms with van der Waals surface area (Å²) in [5.41, 5.74) is 1.77. The fraction of sp³-hybridized carbons (Fsp3) is 0.571. The molecule has 0 aromatic heterocycles. The van der Waals surface area contributed by atoms with Gasteiger partial charge in [-0.2, -0.15) is 0 Å². The summed E-state index contributed by atoms with van der Waals surface area (Å²) in [5.74, 6) is 1.50. The van der Waals surface area contributed by atoms with E-state index >= 15 is 0 Å². The second-order valence-electron chi connectivity index (χ2n) is 5.31. The quantitative estimate of drug-likeness (QED) is 0.583. The molecule has 1 aliphatic rings. The minimum absolute atomic E-state index is 0.132. The highest BCUT2D eigenvalue weighted by atomic mass is 16.6. The average Bonchev–Trinajstić information content (AvgIpc) is 3.09. The molecule has 0 heterocycles. The summed E-state index contributed by atoms with van der Waals surface area (Å²) in [6, 6.07) is 5.13. The Labute approximate surface area is 113 Å². The van der Waals surface area contributed by atoms with Crippen LogP contribution in [0.4, 0.5) is 17.1 Å². The van der Waals surface area contributed by atoms with Gasteiger partial charge in [0.05, 0.1) is 4.92 Å². The number of benzene rings is 1. The van der Waals surface area contributed by atoms with E-state index in [2.05, 4.69) is 24.5 Å². The third-order valence-corrected chi connectivity index (χ3v) is 3.55. The molecule has 2 atom stereocenters. The molecule has 1 saturated carbocycles. The Morgan fingerprint density at radius 2 is 1.95 bits per heavy atom. The number of nitrogens with zero attached hydrogens (tertiary/aromatic N) is 1. The van der Waals surface area contributed by atoms with Crippen LogP contribution in [0, 0.1) is 22.0 Å². The van der Waals surface area contributed by atoms with Crippen LogP contribution in [-0.4, -0.2) is 18.0 Å². The summed E-state index contributed by atoms with van der Waals surface area (Å²) in [7, 11) is 0. The smallest absolute Gasteiger partial charge is 0.273 e. The van der Waals surface area contributed by atoms with Crippen LogP contribution in [0.1, 0.15) is 26.7 Å². The maximum absolute atomic E-state index is 10.9. The van der Waals surface area contributed by atoms with Crippen molar-refractivity contribution in [2.24, 2.45) is 11.8 Å². The second-order valence-corrected chi connectivity index (χ2v) is 5.31. The molecule has 5 nitrogen and oxygen atoms in total. The fourth-order valence-electron chi connectivity index (χ4n) is 2.12. The Bertz CT molecular complexity index is 462. The van der Waals surface area contributed by atoms with E-state index in [4.69, 9.17) is 0 Å². The number of hydrogen-bond acceptors (Lipinski definition) is 4. The van der Waals surface area contributed by atoms with E-state index in [1.165, 1.54) is 6.42 Å². The predicted molar refractivity (Wildman–Crippen MR) is 77.6 cm³/mol. The van der Waals surface area contributed by atoms with Gasteiger partial charge in [0.1, 0.15) is 0 Å². The normalized spacial score (nSPS) is 20.9. The molecular formula is C14H21N3O2. The summed E-state index contributed by atoms with van der Waals surface area (Å²) >= 11 is 0. The molecule has 0 bridgehead atoms. The van der Waals surface area contributed by atoms with Crippen LogP contribution in [0.3, 0.4) is 0 Å². The molecule has 5 heteroatoms. The number of non-ortho nitro benzene ring substituents is 1. The summed E-state index contributed by atoms with van der Waals surface area (Å²) in [6.07, 6.45) is 2.24. The molecule has 1 fully saturated rings. The lowest BCUT2D eigenvalue weighted by atomic mass is 10.2. The zero-order valence-electron chi connectivity index (χ0n) is 11.5. The molecule has 1 aromatic rings. The van der Waals surface area contributed by atoms with Crippen LogP contribution in [0.25, 0.3) is 0 Å². The van der Waals surface area contributed by atoms with Crippen molar-refractivity contribution in [1.82, 2.24) is 0 Å². The molecule has 0 amide bonds. The molecule has 1 aliphatic carbocycles. The number of nitrogens with one attached hydrogen (secondary N) is 2. The Morgan fingerprint density at radius 3 is 2.47 bits per heavy atom. The molecule has 0 aliphatic heterocycles. The van der Waals surface area contributed by atoms with Crippen molar-refractivity contribution in [3.05, 3.63) is 28.3 Å². The third-order valence-electron chi connectivity index (χ3n) is 3.55. The minimum Gasteiger partial charge on any atom is -0.385 e. The first kappa shape index (κ1) is 13.6. The van der Waals surface area contributed by atoms with Gasteiger partial charge in [-0.3, -0.25) is 10.1 Å². The molecule has 0 radical (unpaired) electrons. The summed E-state index contributed by atoms with van der Waals surface area (Å²) in [5, 5.41) is 17.4. The van der Waals surface area contributed by atoms with Gasteiger partial charge < -0.3 is 10.6 Å². The molecule has 0 spiro atoms. The van der Waals surface area contributed by atoms with E-state index in [-0.39, 0.29) is 10.6 Å². The molecule has 19 heavy (non-hydrogen) atoms. The van der Waals surface area contributed by atoms with Crippen molar-refractivity contribution in [2.75, 3.05) is 23.7 Å². The van der Waals surface area contributed by atoms with Crippen molar-refractivity contribution >= 4 is 17.1 Å². The highest BCUT2D eigenvalue weighted by molar-refractivity contribution is 5.63. The largest absolute Gasteiger partial charge is 0.385 e. The van der Waals surface area contributed by atoms with Crippen LogP contribution in [0.15, 0.2) is 18.2 Å². The number of rotatable bonds is 7. The van der Waals surface area contributed by atoms with E-state index in [1.54, 1.807) is 12.1 Å². The highest BCUT2D eigenvalue weighted by Gasteiger charge is 2.31. The summed E-state index contributed by atoms with van der Waals surface area (Å²) in [6.45, 7) is 6.02. The van der Waals surface area contributed by atoms with Crippen molar-refractivity contribution in [1.29, 1.82) is 0 Å². The number of hydrogen-bond donors (Lipinski definition) is 2. The van der Waals surface area contributed by atoms with Gasteiger partial charge in [0.2, 0.25) is 0 Å². The van der Waals surface area contributed by atoms with Gasteiger partial charge >= 0.3 is 0 Å². The van der Waals surface area contributed by atoms with Gasteiger partial charge in [0.25, 0.3) is 5.69 Å². The van der Waals surface area contributed by atoms with Gasteiger partial charge in [-0.25, -0.2) is 0 Å². The van der Waals surface area contributed by atoms with Crippen molar-refractivity contribution in [3.8, 4) is 0 Å². The zero-order valence-corrected chi connectivity index (χ0v) is 11.5. The zero-order chi connectivity index (χ0) is 13.8. The molecule has 2 unspecified atom stereocenters. The van der Waals surface area contributed by atoms with Crippen molar-refractivity contribution in [2.45, 2.75) is 26.7 Å². The Kier molecular flexibility index (Phi) is 4.24. The molecule has 2 N–H and O–H groups in total. The van der Waals surface area contributed by atoms with E-state index < -0.39 is 0 Å². The molecule has 2 rings (SSSR count). The molecule has 104 valence electrons. The van der Waals surface area contributed by atoms with E-state index in [0.29, 0.717) is 5.92 Å². The SMILES string of the molecule is CCCNc1cc(NCC2CC2C)cc([N+](=O)[O-])c1. The van der Waals surface area contributed by atoms with E-state index in [9.17, 15) is 10.1 Å². The van der Waals surface area contributed by atoms with Gasteiger partial charge in [0.15, 0.2) is 0 Å². The van der Waals surface area contributed by atoms with Crippen LogP contribution >= 0.6 is 0 Å². The molecular weight excluding hydrogens is 242 g/mol. The first-order valence-electron chi connectivity index (χ1n) is 6.87. The predicted octanol–water partition coefficient (Wildman–Crippen LogP) is 3.48. The van der Waals surface area contributed by atoms with Crippen LogP contribution in [0.2, 0.25) is 0 Å².